The normalized spacial score (nSPS) is 16.2. The minimum absolute atomic E-state index is 0.00986. The predicted molar refractivity (Wildman–Crippen MR) is 93.9 cm³/mol. The first kappa shape index (κ1) is 16.5. The number of aromatic nitrogens is 2. The highest BCUT2D eigenvalue weighted by molar-refractivity contribution is 8.00. The number of thioether (sulfide) groups is 1. The number of hydrogen-bond acceptors (Lipinski definition) is 5. The molecule has 1 heterocycles. The Morgan fingerprint density at radius 2 is 1.96 bits per heavy atom. The van der Waals surface area contributed by atoms with Crippen LogP contribution in [0.4, 0.5) is 0 Å². The molecule has 0 unspecified atom stereocenters. The second-order valence-electron chi connectivity index (χ2n) is 6.00. The highest BCUT2D eigenvalue weighted by atomic mass is 32.2. The third-order valence-corrected chi connectivity index (χ3v) is 6.31. The minimum Gasteiger partial charge on any atom is -0.284 e. The Balaban J connectivity index is 2.02. The molecule has 1 fully saturated rings. The summed E-state index contributed by atoms with van der Waals surface area (Å²) in [5.74, 6) is 0.501. The lowest BCUT2D eigenvalue weighted by atomic mass is 10.2. The fourth-order valence-electron chi connectivity index (χ4n) is 3.00. The number of para-hydroxylation sites is 1. The van der Waals surface area contributed by atoms with Gasteiger partial charge in [-0.05, 0) is 25.0 Å². The molecule has 3 rings (SSSR count). The smallest absolute Gasteiger partial charge is 0.262 e. The van der Waals surface area contributed by atoms with E-state index in [-0.39, 0.29) is 17.4 Å². The standard InChI is InChI=1S/C16H20N2O3S2/c1-23(20,21)11-10-22-16-17-14-9-5-4-8-13(14)15(19)18(16)12-6-2-3-7-12/h4-5,8-9,12H,2-3,6-7,10-11H2,1H3. The van der Waals surface area contributed by atoms with Crippen LogP contribution in [0.1, 0.15) is 31.7 Å². The Kier molecular flexibility index (Phi) is 4.77. The van der Waals surface area contributed by atoms with Crippen LogP contribution in [0.25, 0.3) is 10.9 Å². The molecule has 1 aromatic heterocycles. The van der Waals surface area contributed by atoms with E-state index in [0.29, 0.717) is 21.8 Å². The largest absolute Gasteiger partial charge is 0.284 e. The lowest BCUT2D eigenvalue weighted by Gasteiger charge is -2.18. The number of fused-ring (bicyclic) bond motifs is 1. The van der Waals surface area contributed by atoms with E-state index >= 15 is 0 Å². The van der Waals surface area contributed by atoms with Crippen molar-refractivity contribution in [3.8, 4) is 0 Å². The monoisotopic (exact) mass is 352 g/mol. The van der Waals surface area contributed by atoms with E-state index in [4.69, 9.17) is 0 Å². The first-order valence-electron chi connectivity index (χ1n) is 7.77. The Bertz CT molecular complexity index is 869. The summed E-state index contributed by atoms with van der Waals surface area (Å²) in [5, 5.41) is 1.27. The fourth-order valence-corrected chi connectivity index (χ4v) is 5.26. The molecule has 1 aliphatic rings. The van der Waals surface area contributed by atoms with Crippen LogP contribution in [0.15, 0.2) is 34.2 Å². The maximum Gasteiger partial charge on any atom is 0.262 e. The van der Waals surface area contributed by atoms with Crippen molar-refractivity contribution < 1.29 is 8.42 Å². The highest BCUT2D eigenvalue weighted by Gasteiger charge is 2.23. The van der Waals surface area contributed by atoms with Gasteiger partial charge >= 0.3 is 0 Å². The lowest BCUT2D eigenvalue weighted by Crippen LogP contribution is -2.26. The molecule has 0 spiro atoms. The number of benzene rings is 1. The van der Waals surface area contributed by atoms with Crippen molar-refractivity contribution in [1.29, 1.82) is 0 Å². The van der Waals surface area contributed by atoms with Gasteiger partial charge in [-0.25, -0.2) is 13.4 Å². The lowest BCUT2D eigenvalue weighted by molar-refractivity contribution is 0.457. The molecule has 0 saturated heterocycles. The van der Waals surface area contributed by atoms with E-state index in [1.165, 1.54) is 18.0 Å². The molecular formula is C16H20N2O3S2. The van der Waals surface area contributed by atoms with Gasteiger partial charge in [-0.2, -0.15) is 0 Å². The summed E-state index contributed by atoms with van der Waals surface area (Å²) in [6.07, 6.45) is 5.44. The third kappa shape index (κ3) is 3.77. The molecule has 0 amide bonds. The molecular weight excluding hydrogens is 332 g/mol. The predicted octanol–water partition coefficient (Wildman–Crippen LogP) is 2.65. The molecule has 1 aliphatic carbocycles. The number of sulfone groups is 1. The van der Waals surface area contributed by atoms with Crippen LogP contribution in [0, 0.1) is 0 Å². The molecule has 23 heavy (non-hydrogen) atoms. The molecule has 1 aromatic carbocycles. The summed E-state index contributed by atoms with van der Waals surface area (Å²) in [6.45, 7) is 0. The first-order valence-corrected chi connectivity index (χ1v) is 10.8. The minimum atomic E-state index is -3.01. The van der Waals surface area contributed by atoms with E-state index in [1.807, 2.05) is 18.2 Å². The van der Waals surface area contributed by atoms with Gasteiger partial charge in [0.15, 0.2) is 5.16 Å². The van der Waals surface area contributed by atoms with Crippen molar-refractivity contribution in [2.75, 3.05) is 17.8 Å². The van der Waals surface area contributed by atoms with Gasteiger partial charge in [0.2, 0.25) is 0 Å². The van der Waals surface area contributed by atoms with Crippen LogP contribution in [-0.2, 0) is 9.84 Å². The van der Waals surface area contributed by atoms with E-state index in [0.717, 1.165) is 25.7 Å². The topological polar surface area (TPSA) is 69.0 Å². The van der Waals surface area contributed by atoms with Gasteiger partial charge in [0.05, 0.1) is 16.7 Å². The van der Waals surface area contributed by atoms with E-state index in [9.17, 15) is 13.2 Å². The zero-order valence-electron chi connectivity index (χ0n) is 13.1. The van der Waals surface area contributed by atoms with Gasteiger partial charge in [-0.3, -0.25) is 9.36 Å². The van der Waals surface area contributed by atoms with Crippen molar-refractivity contribution in [2.24, 2.45) is 0 Å². The first-order chi connectivity index (χ1) is 11.0. The van der Waals surface area contributed by atoms with Crippen molar-refractivity contribution in [2.45, 2.75) is 36.9 Å². The third-order valence-electron chi connectivity index (χ3n) is 4.15. The Morgan fingerprint density at radius 3 is 2.65 bits per heavy atom. The second kappa shape index (κ2) is 6.65. The fraction of sp³-hybridized carbons (Fsp3) is 0.500. The average molecular weight is 352 g/mol. The van der Waals surface area contributed by atoms with Gasteiger partial charge in [-0.15, -0.1) is 0 Å². The molecule has 0 radical (unpaired) electrons. The summed E-state index contributed by atoms with van der Waals surface area (Å²) < 4.78 is 24.5. The van der Waals surface area contributed by atoms with Crippen LogP contribution >= 0.6 is 11.8 Å². The molecule has 2 aromatic rings. The zero-order valence-corrected chi connectivity index (χ0v) is 14.7. The molecule has 0 bridgehead atoms. The van der Waals surface area contributed by atoms with Crippen LogP contribution < -0.4 is 5.56 Å². The van der Waals surface area contributed by atoms with E-state index in [2.05, 4.69) is 4.98 Å². The summed E-state index contributed by atoms with van der Waals surface area (Å²) in [4.78, 5) is 17.5. The maximum atomic E-state index is 12.9. The molecule has 124 valence electrons. The quantitative estimate of drug-likeness (QED) is 0.611. The molecule has 7 heteroatoms. The van der Waals surface area contributed by atoms with Gasteiger partial charge in [0.1, 0.15) is 9.84 Å². The van der Waals surface area contributed by atoms with Crippen LogP contribution in [0.5, 0.6) is 0 Å². The number of nitrogens with zero attached hydrogens (tertiary/aromatic N) is 2. The maximum absolute atomic E-state index is 12.9. The summed E-state index contributed by atoms with van der Waals surface area (Å²) in [6, 6.07) is 7.53. The summed E-state index contributed by atoms with van der Waals surface area (Å²) in [5.41, 5.74) is 0.665. The van der Waals surface area contributed by atoms with Crippen LogP contribution in [0.3, 0.4) is 0 Å². The zero-order chi connectivity index (χ0) is 16.4. The summed E-state index contributed by atoms with van der Waals surface area (Å²) in [7, 11) is -3.01. The molecule has 0 N–H and O–H groups in total. The van der Waals surface area contributed by atoms with Gasteiger partial charge in [-0.1, -0.05) is 36.7 Å². The molecule has 1 saturated carbocycles. The number of hydrogen-bond donors (Lipinski definition) is 0. The van der Waals surface area contributed by atoms with Gasteiger partial charge in [0.25, 0.3) is 5.56 Å². The molecule has 0 atom stereocenters. The Morgan fingerprint density at radius 1 is 1.26 bits per heavy atom. The van der Waals surface area contributed by atoms with Crippen molar-refractivity contribution in [3.63, 3.8) is 0 Å². The number of rotatable bonds is 5. The van der Waals surface area contributed by atoms with Crippen molar-refractivity contribution in [1.82, 2.24) is 9.55 Å². The van der Waals surface area contributed by atoms with Crippen LogP contribution in [-0.4, -0.2) is 35.7 Å². The Labute approximate surface area is 140 Å². The highest BCUT2D eigenvalue weighted by Crippen LogP contribution is 2.32. The van der Waals surface area contributed by atoms with Gasteiger partial charge in [0, 0.05) is 18.1 Å². The summed E-state index contributed by atoms with van der Waals surface area (Å²) >= 11 is 1.36. The molecule has 5 nitrogen and oxygen atoms in total. The van der Waals surface area contributed by atoms with Gasteiger partial charge < -0.3 is 0 Å². The van der Waals surface area contributed by atoms with E-state index < -0.39 is 9.84 Å². The van der Waals surface area contributed by atoms with Crippen molar-refractivity contribution in [3.05, 3.63) is 34.6 Å². The van der Waals surface area contributed by atoms with E-state index in [1.54, 1.807) is 10.6 Å². The Hall–Kier alpha value is -1.34. The molecule has 0 aliphatic heterocycles. The van der Waals surface area contributed by atoms with Crippen molar-refractivity contribution >= 4 is 32.5 Å². The SMILES string of the molecule is CS(=O)(=O)CCSc1nc2ccccc2c(=O)n1C1CCCC1. The second-order valence-corrected chi connectivity index (χ2v) is 9.33. The average Bonchev–Trinajstić information content (AvgIpc) is 3.00. The van der Waals surface area contributed by atoms with Crippen LogP contribution in [0.2, 0.25) is 0 Å².